The number of benzene rings is 1. The van der Waals surface area contributed by atoms with Gasteiger partial charge in [0.2, 0.25) is 0 Å². The fourth-order valence-corrected chi connectivity index (χ4v) is 1.35. The van der Waals surface area contributed by atoms with Crippen molar-refractivity contribution in [2.75, 3.05) is 13.2 Å². The van der Waals surface area contributed by atoms with Gasteiger partial charge >= 0.3 is 11.9 Å². The highest BCUT2D eigenvalue weighted by Crippen LogP contribution is 2.30. The van der Waals surface area contributed by atoms with E-state index in [1.807, 2.05) is 0 Å². The molecule has 110 valence electrons. The number of carboxylic acid groups (broad SMARTS) is 2. The Morgan fingerprint density at radius 2 is 1.80 bits per heavy atom. The second kappa shape index (κ2) is 6.27. The number of hydrogen-bond donors (Lipinski definition) is 2. The lowest BCUT2D eigenvalue weighted by atomic mass is 9.95. The van der Waals surface area contributed by atoms with Gasteiger partial charge in [0, 0.05) is 0 Å². The third-order valence-corrected chi connectivity index (χ3v) is 2.66. The van der Waals surface area contributed by atoms with Gasteiger partial charge in [0.25, 0.3) is 0 Å². The monoisotopic (exact) mass is 282 g/mol. The Hall–Kier alpha value is -2.24. The highest BCUT2D eigenvalue weighted by Gasteiger charge is 2.28. The van der Waals surface area contributed by atoms with E-state index in [4.69, 9.17) is 19.7 Å². The average Bonchev–Trinajstić information content (AvgIpc) is 2.37. The molecule has 2 N–H and O–H groups in total. The maximum absolute atomic E-state index is 11.0. The van der Waals surface area contributed by atoms with Gasteiger partial charge in [0.05, 0.1) is 17.6 Å². The van der Waals surface area contributed by atoms with Crippen molar-refractivity contribution in [3.8, 4) is 11.5 Å². The molecular formula is C14H18O6. The van der Waals surface area contributed by atoms with Crippen LogP contribution in [0.25, 0.3) is 0 Å². The van der Waals surface area contributed by atoms with Gasteiger partial charge < -0.3 is 19.7 Å². The summed E-state index contributed by atoms with van der Waals surface area (Å²) in [6.07, 6.45) is 0. The van der Waals surface area contributed by atoms with E-state index in [0.717, 1.165) is 0 Å². The summed E-state index contributed by atoms with van der Waals surface area (Å²) in [5, 5.41) is 17.9. The first kappa shape index (κ1) is 15.8. The Bertz CT molecular complexity index is 506. The molecule has 0 atom stereocenters. The lowest BCUT2D eigenvalue weighted by Gasteiger charge is -2.20. The molecule has 0 aliphatic heterocycles. The van der Waals surface area contributed by atoms with E-state index >= 15 is 0 Å². The van der Waals surface area contributed by atoms with Crippen molar-refractivity contribution in [3.63, 3.8) is 0 Å². The molecule has 1 aromatic carbocycles. The second-order valence-electron chi connectivity index (χ2n) is 4.88. The summed E-state index contributed by atoms with van der Waals surface area (Å²) in [5.74, 6) is -1.43. The molecule has 0 radical (unpaired) electrons. The molecule has 0 fully saturated rings. The first-order valence-corrected chi connectivity index (χ1v) is 6.14. The number of rotatable bonds is 7. The quantitative estimate of drug-likeness (QED) is 0.797. The Morgan fingerprint density at radius 3 is 2.30 bits per heavy atom. The summed E-state index contributed by atoms with van der Waals surface area (Å²) in [4.78, 5) is 21.9. The smallest absolute Gasteiger partial charge is 0.335 e. The van der Waals surface area contributed by atoms with Crippen LogP contribution < -0.4 is 9.47 Å². The maximum Gasteiger partial charge on any atom is 0.335 e. The van der Waals surface area contributed by atoms with Crippen molar-refractivity contribution in [1.82, 2.24) is 0 Å². The SMILES string of the molecule is CCOc1cc(C(=O)O)ccc1OCC(C)(C)C(=O)O. The van der Waals surface area contributed by atoms with Crippen molar-refractivity contribution in [2.24, 2.45) is 5.41 Å². The molecule has 1 aromatic rings. The van der Waals surface area contributed by atoms with Gasteiger partial charge in [-0.2, -0.15) is 0 Å². The predicted octanol–water partition coefficient (Wildman–Crippen LogP) is 2.27. The van der Waals surface area contributed by atoms with E-state index in [9.17, 15) is 9.59 Å². The highest BCUT2D eigenvalue weighted by molar-refractivity contribution is 5.88. The van der Waals surface area contributed by atoms with Crippen molar-refractivity contribution in [1.29, 1.82) is 0 Å². The van der Waals surface area contributed by atoms with Gasteiger partial charge in [-0.3, -0.25) is 4.79 Å². The minimum absolute atomic E-state index is 0.0468. The van der Waals surface area contributed by atoms with Crippen molar-refractivity contribution in [2.45, 2.75) is 20.8 Å². The van der Waals surface area contributed by atoms with Gasteiger partial charge in [-0.25, -0.2) is 4.79 Å². The predicted molar refractivity (Wildman–Crippen MR) is 71.5 cm³/mol. The normalized spacial score (nSPS) is 10.9. The fraction of sp³-hybridized carbons (Fsp3) is 0.429. The molecule has 20 heavy (non-hydrogen) atoms. The fourth-order valence-electron chi connectivity index (χ4n) is 1.35. The third-order valence-electron chi connectivity index (χ3n) is 2.66. The van der Waals surface area contributed by atoms with Gasteiger partial charge in [-0.05, 0) is 39.0 Å². The van der Waals surface area contributed by atoms with E-state index in [1.165, 1.54) is 18.2 Å². The molecule has 0 saturated heterocycles. The maximum atomic E-state index is 11.0. The highest BCUT2D eigenvalue weighted by atomic mass is 16.5. The van der Waals surface area contributed by atoms with Crippen LogP contribution >= 0.6 is 0 Å². The summed E-state index contributed by atoms with van der Waals surface area (Å²) in [5.41, 5.74) is -0.965. The lowest BCUT2D eigenvalue weighted by molar-refractivity contribution is -0.148. The second-order valence-corrected chi connectivity index (χ2v) is 4.88. The number of hydrogen-bond acceptors (Lipinski definition) is 4. The summed E-state index contributed by atoms with van der Waals surface area (Å²) in [6.45, 7) is 5.15. The Morgan fingerprint density at radius 1 is 1.15 bits per heavy atom. The van der Waals surface area contributed by atoms with Crippen molar-refractivity contribution in [3.05, 3.63) is 23.8 Å². The zero-order valence-corrected chi connectivity index (χ0v) is 11.7. The molecule has 0 spiro atoms. The van der Waals surface area contributed by atoms with Gasteiger partial charge in [-0.15, -0.1) is 0 Å². The van der Waals surface area contributed by atoms with Crippen LogP contribution in [0, 0.1) is 5.41 Å². The van der Waals surface area contributed by atoms with Gasteiger partial charge in [-0.1, -0.05) is 0 Å². The van der Waals surface area contributed by atoms with E-state index in [1.54, 1.807) is 20.8 Å². The summed E-state index contributed by atoms with van der Waals surface area (Å²) < 4.78 is 10.8. The molecule has 0 unspecified atom stereocenters. The number of aromatic carboxylic acids is 1. The van der Waals surface area contributed by atoms with Crippen LogP contribution in [0.4, 0.5) is 0 Å². The van der Waals surface area contributed by atoms with Crippen LogP contribution in [0.2, 0.25) is 0 Å². The molecule has 0 aliphatic rings. The first-order chi connectivity index (χ1) is 9.27. The zero-order chi connectivity index (χ0) is 15.3. The van der Waals surface area contributed by atoms with Crippen LogP contribution in [0.15, 0.2) is 18.2 Å². The third kappa shape index (κ3) is 3.88. The molecule has 1 rings (SSSR count). The first-order valence-electron chi connectivity index (χ1n) is 6.14. The molecule has 0 aromatic heterocycles. The summed E-state index contributed by atoms with van der Waals surface area (Å²) in [6, 6.07) is 4.20. The van der Waals surface area contributed by atoms with Gasteiger partial charge in [0.1, 0.15) is 6.61 Å². The number of carbonyl (C=O) groups is 2. The van der Waals surface area contributed by atoms with E-state index in [-0.39, 0.29) is 17.9 Å². The van der Waals surface area contributed by atoms with E-state index in [2.05, 4.69) is 0 Å². The molecule has 0 heterocycles. The van der Waals surface area contributed by atoms with Crippen LogP contribution in [-0.4, -0.2) is 35.4 Å². The molecule has 0 saturated carbocycles. The molecule has 0 aliphatic carbocycles. The molecule has 6 heteroatoms. The van der Waals surface area contributed by atoms with Crippen LogP contribution in [0.1, 0.15) is 31.1 Å². The molecule has 0 bridgehead atoms. The molecule has 6 nitrogen and oxygen atoms in total. The minimum Gasteiger partial charge on any atom is -0.490 e. The summed E-state index contributed by atoms with van der Waals surface area (Å²) >= 11 is 0. The number of ether oxygens (including phenoxy) is 2. The largest absolute Gasteiger partial charge is 0.490 e. The lowest BCUT2D eigenvalue weighted by Crippen LogP contribution is -2.30. The van der Waals surface area contributed by atoms with E-state index in [0.29, 0.717) is 12.4 Å². The Labute approximate surface area is 116 Å². The summed E-state index contributed by atoms with van der Waals surface area (Å²) in [7, 11) is 0. The van der Waals surface area contributed by atoms with E-state index < -0.39 is 17.4 Å². The standard InChI is InChI=1S/C14H18O6/c1-4-19-11-7-9(12(15)16)5-6-10(11)20-8-14(2,3)13(17)18/h5-7H,4,8H2,1-3H3,(H,15,16)(H,17,18). The number of carboxylic acids is 2. The Balaban J connectivity index is 2.94. The average molecular weight is 282 g/mol. The van der Waals surface area contributed by atoms with Crippen LogP contribution in [0.5, 0.6) is 11.5 Å². The van der Waals surface area contributed by atoms with Crippen LogP contribution in [0.3, 0.4) is 0 Å². The molecular weight excluding hydrogens is 264 g/mol. The topological polar surface area (TPSA) is 93.1 Å². The minimum atomic E-state index is -1.07. The van der Waals surface area contributed by atoms with Crippen LogP contribution in [-0.2, 0) is 4.79 Å². The van der Waals surface area contributed by atoms with Crippen molar-refractivity contribution >= 4 is 11.9 Å². The molecule has 0 amide bonds. The number of aliphatic carboxylic acids is 1. The Kier molecular flexibility index (Phi) is 4.96. The zero-order valence-electron chi connectivity index (χ0n) is 11.7. The van der Waals surface area contributed by atoms with Crippen molar-refractivity contribution < 1.29 is 29.3 Å². The van der Waals surface area contributed by atoms with Gasteiger partial charge in [0.15, 0.2) is 11.5 Å².